The fourth-order valence-electron chi connectivity index (χ4n) is 2.75. The number of hydrogen-bond donors (Lipinski definition) is 2. The van der Waals surface area contributed by atoms with Gasteiger partial charge < -0.3 is 15.4 Å². The fraction of sp³-hybridized carbons (Fsp3) is 0.350. The molecule has 1 saturated heterocycles. The summed E-state index contributed by atoms with van der Waals surface area (Å²) in [6.45, 7) is 5.43. The van der Waals surface area contributed by atoms with Gasteiger partial charge in [-0.25, -0.2) is 0 Å². The molecule has 0 amide bonds. The van der Waals surface area contributed by atoms with Crippen LogP contribution in [0.15, 0.2) is 53.4 Å². The smallest absolute Gasteiger partial charge is 0.170 e. The van der Waals surface area contributed by atoms with Gasteiger partial charge in [0.15, 0.2) is 5.11 Å². The molecule has 0 aliphatic carbocycles. The van der Waals surface area contributed by atoms with E-state index in [2.05, 4.69) is 39.8 Å². The second kappa shape index (κ2) is 10.9. The Labute approximate surface area is 175 Å². The van der Waals surface area contributed by atoms with E-state index in [-0.39, 0.29) is 0 Å². The number of ether oxygens (including phenoxy) is 1. The van der Waals surface area contributed by atoms with Crippen molar-refractivity contribution in [1.29, 1.82) is 0 Å². The molecule has 2 N–H and O–H groups in total. The highest BCUT2D eigenvalue weighted by molar-refractivity contribution is 7.99. The van der Waals surface area contributed by atoms with E-state index in [0.29, 0.717) is 5.11 Å². The van der Waals surface area contributed by atoms with Crippen molar-refractivity contribution in [3.8, 4) is 0 Å². The minimum Gasteiger partial charge on any atom is -0.379 e. The summed E-state index contributed by atoms with van der Waals surface area (Å²) >= 11 is 13.0. The van der Waals surface area contributed by atoms with Gasteiger partial charge in [0.25, 0.3) is 0 Å². The number of benzene rings is 2. The zero-order valence-corrected chi connectivity index (χ0v) is 17.5. The van der Waals surface area contributed by atoms with Crippen LogP contribution in [-0.4, -0.2) is 48.6 Å². The maximum absolute atomic E-state index is 5.90. The van der Waals surface area contributed by atoms with Crippen molar-refractivity contribution in [2.75, 3.05) is 43.9 Å². The number of thioether (sulfide) groups is 1. The number of anilines is 1. The van der Waals surface area contributed by atoms with Crippen molar-refractivity contribution < 1.29 is 4.74 Å². The molecule has 27 heavy (non-hydrogen) atoms. The highest BCUT2D eigenvalue weighted by Crippen LogP contribution is 2.19. The van der Waals surface area contributed by atoms with Crippen LogP contribution in [0, 0.1) is 0 Å². The number of hydrogen-bond acceptors (Lipinski definition) is 4. The molecule has 0 unspecified atom stereocenters. The summed E-state index contributed by atoms with van der Waals surface area (Å²) in [4.78, 5) is 3.62. The van der Waals surface area contributed by atoms with Crippen LogP contribution in [0.1, 0.15) is 5.56 Å². The largest absolute Gasteiger partial charge is 0.379 e. The molecule has 0 aromatic heterocycles. The minimum absolute atomic E-state index is 0.646. The first-order valence-electron chi connectivity index (χ1n) is 9.01. The summed E-state index contributed by atoms with van der Waals surface area (Å²) in [5, 5.41) is 7.89. The molecule has 144 valence electrons. The molecule has 4 nitrogen and oxygen atoms in total. The van der Waals surface area contributed by atoms with Crippen LogP contribution >= 0.6 is 35.6 Å². The van der Waals surface area contributed by atoms with E-state index in [0.717, 1.165) is 55.9 Å². The first-order valence-corrected chi connectivity index (χ1v) is 10.8. The van der Waals surface area contributed by atoms with Gasteiger partial charge in [0.2, 0.25) is 0 Å². The molecule has 1 heterocycles. The van der Waals surface area contributed by atoms with Gasteiger partial charge in [-0.05, 0) is 54.2 Å². The Hall–Kier alpha value is -1.31. The molecule has 2 aromatic rings. The normalized spacial score (nSPS) is 14.7. The zero-order valence-electron chi connectivity index (χ0n) is 15.1. The summed E-state index contributed by atoms with van der Waals surface area (Å²) < 4.78 is 5.39. The van der Waals surface area contributed by atoms with Crippen molar-refractivity contribution in [2.24, 2.45) is 0 Å². The van der Waals surface area contributed by atoms with Gasteiger partial charge >= 0.3 is 0 Å². The number of nitrogens with one attached hydrogen (secondary N) is 2. The molecule has 0 radical (unpaired) electrons. The van der Waals surface area contributed by atoms with Gasteiger partial charge in [-0.1, -0.05) is 23.7 Å². The van der Waals surface area contributed by atoms with Gasteiger partial charge in [-0.15, -0.1) is 11.8 Å². The van der Waals surface area contributed by atoms with E-state index in [1.165, 1.54) is 10.5 Å². The average molecular weight is 422 g/mol. The van der Waals surface area contributed by atoms with Crippen LogP contribution in [0.25, 0.3) is 0 Å². The topological polar surface area (TPSA) is 36.5 Å². The number of morpholine rings is 1. The summed E-state index contributed by atoms with van der Waals surface area (Å²) in [6.07, 6.45) is 0. The van der Waals surface area contributed by atoms with Gasteiger partial charge in [0.05, 0.1) is 13.2 Å². The van der Waals surface area contributed by atoms with Crippen LogP contribution in [0.2, 0.25) is 5.02 Å². The lowest BCUT2D eigenvalue weighted by Gasteiger charge is -2.26. The molecular weight excluding hydrogens is 398 g/mol. The molecular formula is C20H24ClN3OS2. The summed E-state index contributed by atoms with van der Waals surface area (Å²) in [6, 6.07) is 16.3. The molecule has 2 aromatic carbocycles. The number of nitrogens with zero attached hydrogens (tertiary/aromatic N) is 1. The van der Waals surface area contributed by atoms with E-state index in [1.54, 1.807) is 11.8 Å². The third-order valence-corrected chi connectivity index (χ3v) is 5.70. The Morgan fingerprint density at radius 1 is 1.07 bits per heavy atom. The van der Waals surface area contributed by atoms with Crippen molar-refractivity contribution >= 4 is 46.4 Å². The molecule has 0 atom stereocenters. The Bertz CT molecular complexity index is 719. The predicted molar refractivity (Wildman–Crippen MR) is 119 cm³/mol. The summed E-state index contributed by atoms with van der Waals surface area (Å²) in [5.41, 5.74) is 2.31. The maximum Gasteiger partial charge on any atom is 0.170 e. The molecule has 1 aliphatic heterocycles. The van der Waals surface area contributed by atoms with Crippen LogP contribution in [-0.2, 0) is 11.3 Å². The third kappa shape index (κ3) is 7.31. The number of rotatable bonds is 7. The molecule has 1 aliphatic rings. The van der Waals surface area contributed by atoms with Gasteiger partial charge in [0, 0.05) is 47.5 Å². The van der Waals surface area contributed by atoms with E-state index in [9.17, 15) is 0 Å². The van der Waals surface area contributed by atoms with Crippen LogP contribution in [0.4, 0.5) is 5.69 Å². The Balaban J connectivity index is 1.35. The highest BCUT2D eigenvalue weighted by Gasteiger charge is 2.10. The molecule has 1 fully saturated rings. The summed E-state index contributed by atoms with van der Waals surface area (Å²) in [7, 11) is 0. The second-order valence-corrected chi connectivity index (χ2v) is 8.28. The first kappa shape index (κ1) is 20.4. The first-order chi connectivity index (χ1) is 13.2. The van der Waals surface area contributed by atoms with E-state index < -0.39 is 0 Å². The van der Waals surface area contributed by atoms with Gasteiger partial charge in [-0.2, -0.15) is 0 Å². The van der Waals surface area contributed by atoms with Crippen molar-refractivity contribution in [2.45, 2.75) is 11.4 Å². The van der Waals surface area contributed by atoms with Gasteiger partial charge in [-0.3, -0.25) is 4.90 Å². The predicted octanol–water partition coefficient (Wildman–Crippen LogP) is 4.25. The van der Waals surface area contributed by atoms with E-state index in [4.69, 9.17) is 28.6 Å². The van der Waals surface area contributed by atoms with Crippen molar-refractivity contribution in [1.82, 2.24) is 10.2 Å². The minimum atomic E-state index is 0.646. The standard InChI is InChI=1S/C20H24ClN3OS2/c21-17-3-7-19(8-4-17)27-14-9-22-20(26)23-18-5-1-16(2-6-18)15-24-10-12-25-13-11-24/h1-8H,9-15H2,(H2,22,23,26). The lowest BCUT2D eigenvalue weighted by atomic mass is 10.2. The molecule has 0 spiro atoms. The maximum atomic E-state index is 5.90. The van der Waals surface area contributed by atoms with Gasteiger partial charge in [0.1, 0.15) is 0 Å². The lowest BCUT2D eigenvalue weighted by Crippen LogP contribution is -2.35. The zero-order chi connectivity index (χ0) is 18.9. The number of thiocarbonyl (C=S) groups is 1. The number of halogens is 1. The Morgan fingerprint density at radius 2 is 1.78 bits per heavy atom. The molecule has 3 rings (SSSR count). The van der Waals surface area contributed by atoms with Crippen molar-refractivity contribution in [3.63, 3.8) is 0 Å². The Kier molecular flexibility index (Phi) is 8.23. The van der Waals surface area contributed by atoms with Crippen LogP contribution in [0.5, 0.6) is 0 Å². The van der Waals surface area contributed by atoms with Crippen LogP contribution < -0.4 is 10.6 Å². The molecule has 0 saturated carbocycles. The Morgan fingerprint density at radius 3 is 2.48 bits per heavy atom. The SMILES string of the molecule is S=C(NCCSc1ccc(Cl)cc1)Nc1ccc(CN2CCOCC2)cc1. The highest BCUT2D eigenvalue weighted by atomic mass is 35.5. The summed E-state index contributed by atoms with van der Waals surface area (Å²) in [5.74, 6) is 0.932. The lowest BCUT2D eigenvalue weighted by molar-refractivity contribution is 0.0342. The average Bonchev–Trinajstić information content (AvgIpc) is 2.69. The quantitative estimate of drug-likeness (QED) is 0.395. The van der Waals surface area contributed by atoms with Crippen molar-refractivity contribution in [3.05, 3.63) is 59.1 Å². The molecule has 0 bridgehead atoms. The van der Waals surface area contributed by atoms with Crippen LogP contribution in [0.3, 0.4) is 0 Å². The fourth-order valence-corrected chi connectivity index (χ4v) is 3.86. The second-order valence-electron chi connectivity index (χ2n) is 6.27. The monoisotopic (exact) mass is 421 g/mol. The van der Waals surface area contributed by atoms with E-state index >= 15 is 0 Å². The third-order valence-electron chi connectivity index (χ3n) is 4.19. The molecule has 7 heteroatoms. The van der Waals surface area contributed by atoms with E-state index in [1.807, 2.05) is 24.3 Å².